The van der Waals surface area contributed by atoms with Crippen LogP contribution in [0.3, 0.4) is 0 Å². The molecule has 1 aliphatic heterocycles. The van der Waals surface area contributed by atoms with E-state index in [-0.39, 0.29) is 30.3 Å². The van der Waals surface area contributed by atoms with Gasteiger partial charge in [-0.1, -0.05) is 66.7 Å². The third kappa shape index (κ3) is 6.12. The molecule has 0 aliphatic carbocycles. The van der Waals surface area contributed by atoms with E-state index in [1.165, 1.54) is 0 Å². The largest absolute Gasteiger partial charge is 0.372 e. The van der Waals surface area contributed by atoms with Crippen molar-refractivity contribution in [1.29, 1.82) is 0 Å². The SMILES string of the molecule is CC1CN(c2ccccc2CC(=O)C(Cc2ccccc2)NC(=O)c2ccccc2)CC(C)O1. The summed E-state index contributed by atoms with van der Waals surface area (Å²) in [5.74, 6) is -0.242. The molecule has 0 aromatic heterocycles. The number of ether oxygens (including phenoxy) is 1. The van der Waals surface area contributed by atoms with E-state index in [1.807, 2.05) is 66.7 Å². The van der Waals surface area contributed by atoms with E-state index in [0.29, 0.717) is 12.0 Å². The molecule has 1 amide bonds. The van der Waals surface area contributed by atoms with Crippen LogP contribution in [-0.4, -0.2) is 43.0 Å². The minimum absolute atomic E-state index is 0.00468. The first-order chi connectivity index (χ1) is 16.5. The zero-order valence-corrected chi connectivity index (χ0v) is 19.8. The summed E-state index contributed by atoms with van der Waals surface area (Å²) in [7, 11) is 0. The molecule has 5 heteroatoms. The predicted octanol–water partition coefficient (Wildman–Crippen LogP) is 4.45. The van der Waals surface area contributed by atoms with E-state index in [1.54, 1.807) is 12.1 Å². The number of rotatable bonds is 8. The lowest BCUT2D eigenvalue weighted by Crippen LogP contribution is -2.46. The second kappa shape index (κ2) is 11.1. The summed E-state index contributed by atoms with van der Waals surface area (Å²) in [6.45, 7) is 5.72. The molecule has 3 aromatic rings. The van der Waals surface area contributed by atoms with Crippen molar-refractivity contribution in [3.8, 4) is 0 Å². The highest BCUT2D eigenvalue weighted by Crippen LogP contribution is 2.25. The van der Waals surface area contributed by atoms with E-state index < -0.39 is 6.04 Å². The Kier molecular flexibility index (Phi) is 7.76. The Labute approximate surface area is 201 Å². The number of hydrogen-bond acceptors (Lipinski definition) is 4. The molecule has 3 atom stereocenters. The second-order valence-electron chi connectivity index (χ2n) is 9.02. The highest BCUT2D eigenvalue weighted by Gasteiger charge is 2.26. The average molecular weight is 457 g/mol. The zero-order chi connectivity index (χ0) is 23.9. The van der Waals surface area contributed by atoms with Crippen LogP contribution in [0.25, 0.3) is 0 Å². The van der Waals surface area contributed by atoms with Gasteiger partial charge in [0, 0.05) is 30.8 Å². The van der Waals surface area contributed by atoms with Gasteiger partial charge in [0.1, 0.15) is 0 Å². The molecule has 176 valence electrons. The highest BCUT2D eigenvalue weighted by molar-refractivity contribution is 5.98. The summed E-state index contributed by atoms with van der Waals surface area (Å²) in [4.78, 5) is 28.8. The zero-order valence-electron chi connectivity index (χ0n) is 19.8. The van der Waals surface area contributed by atoms with Gasteiger partial charge in [-0.15, -0.1) is 0 Å². The number of para-hydroxylation sites is 1. The van der Waals surface area contributed by atoms with Crippen molar-refractivity contribution < 1.29 is 14.3 Å². The lowest BCUT2D eigenvalue weighted by Gasteiger charge is -2.37. The molecule has 1 N–H and O–H groups in total. The molecule has 1 aliphatic rings. The third-order valence-electron chi connectivity index (χ3n) is 6.13. The summed E-state index contributed by atoms with van der Waals surface area (Å²) in [5, 5.41) is 2.99. The standard InChI is InChI=1S/C29H32N2O3/c1-21-19-31(20-22(2)34-21)27-16-10-9-15-25(27)18-28(32)26(17-23-11-5-3-6-12-23)30-29(33)24-13-7-4-8-14-24/h3-16,21-22,26H,17-20H2,1-2H3,(H,30,33). The van der Waals surface area contributed by atoms with Gasteiger partial charge in [0.2, 0.25) is 0 Å². The molecular weight excluding hydrogens is 424 g/mol. The van der Waals surface area contributed by atoms with Crippen molar-refractivity contribution in [3.63, 3.8) is 0 Å². The normalized spacial score (nSPS) is 18.8. The van der Waals surface area contributed by atoms with Crippen molar-refractivity contribution in [1.82, 2.24) is 5.32 Å². The van der Waals surface area contributed by atoms with Crippen LogP contribution in [0.2, 0.25) is 0 Å². The molecule has 3 aromatic carbocycles. The Morgan fingerprint density at radius 1 is 0.882 bits per heavy atom. The number of hydrogen-bond donors (Lipinski definition) is 1. The molecule has 4 rings (SSSR count). The van der Waals surface area contributed by atoms with Crippen molar-refractivity contribution in [2.24, 2.45) is 0 Å². The van der Waals surface area contributed by atoms with Gasteiger partial charge in [0.05, 0.1) is 18.2 Å². The Morgan fingerprint density at radius 3 is 2.15 bits per heavy atom. The van der Waals surface area contributed by atoms with Gasteiger partial charge < -0.3 is 15.0 Å². The molecule has 1 heterocycles. The molecule has 1 fully saturated rings. The molecule has 0 bridgehead atoms. The van der Waals surface area contributed by atoms with Gasteiger partial charge in [0.25, 0.3) is 5.91 Å². The van der Waals surface area contributed by atoms with E-state index >= 15 is 0 Å². The fourth-order valence-corrected chi connectivity index (χ4v) is 4.58. The van der Waals surface area contributed by atoms with Crippen LogP contribution >= 0.6 is 0 Å². The Morgan fingerprint density at radius 2 is 1.47 bits per heavy atom. The molecule has 34 heavy (non-hydrogen) atoms. The number of Topliss-reactive ketones (excluding diaryl/α,β-unsaturated/α-hetero) is 1. The fraction of sp³-hybridized carbons (Fsp3) is 0.310. The van der Waals surface area contributed by atoms with Crippen LogP contribution in [0.15, 0.2) is 84.9 Å². The van der Waals surface area contributed by atoms with Gasteiger partial charge in [-0.05, 0) is 49.6 Å². The second-order valence-corrected chi connectivity index (χ2v) is 9.02. The van der Waals surface area contributed by atoms with Crippen LogP contribution in [0.1, 0.15) is 35.3 Å². The summed E-state index contributed by atoms with van der Waals surface area (Å²) < 4.78 is 5.89. The summed E-state index contributed by atoms with van der Waals surface area (Å²) in [5.41, 5.74) is 3.59. The van der Waals surface area contributed by atoms with Gasteiger partial charge in [-0.25, -0.2) is 0 Å². The maximum Gasteiger partial charge on any atom is 0.251 e. The smallest absolute Gasteiger partial charge is 0.251 e. The topological polar surface area (TPSA) is 58.6 Å². The Bertz CT molecular complexity index is 1090. The van der Waals surface area contributed by atoms with E-state index in [0.717, 1.165) is 29.9 Å². The quantitative estimate of drug-likeness (QED) is 0.544. The number of nitrogens with zero attached hydrogens (tertiary/aromatic N) is 1. The van der Waals surface area contributed by atoms with Gasteiger partial charge >= 0.3 is 0 Å². The number of anilines is 1. The van der Waals surface area contributed by atoms with E-state index in [2.05, 4.69) is 30.1 Å². The molecule has 0 spiro atoms. The van der Waals surface area contributed by atoms with E-state index in [4.69, 9.17) is 4.74 Å². The summed E-state index contributed by atoms with van der Waals surface area (Å²) in [6.07, 6.45) is 0.960. The number of nitrogens with one attached hydrogen (secondary N) is 1. The van der Waals surface area contributed by atoms with E-state index in [9.17, 15) is 9.59 Å². The van der Waals surface area contributed by atoms with Crippen LogP contribution in [0.4, 0.5) is 5.69 Å². The first-order valence-electron chi connectivity index (χ1n) is 11.9. The predicted molar refractivity (Wildman–Crippen MR) is 135 cm³/mol. The fourth-order valence-electron chi connectivity index (χ4n) is 4.58. The van der Waals surface area contributed by atoms with Crippen molar-refractivity contribution in [2.75, 3.05) is 18.0 Å². The third-order valence-corrected chi connectivity index (χ3v) is 6.13. The van der Waals surface area contributed by atoms with Crippen molar-refractivity contribution >= 4 is 17.4 Å². The minimum atomic E-state index is -0.620. The molecule has 0 saturated carbocycles. The Hall–Kier alpha value is -3.44. The average Bonchev–Trinajstić information content (AvgIpc) is 2.84. The molecular formula is C29H32N2O3. The van der Waals surface area contributed by atoms with Gasteiger partial charge in [-0.2, -0.15) is 0 Å². The van der Waals surface area contributed by atoms with Gasteiger partial charge in [0.15, 0.2) is 5.78 Å². The first kappa shape index (κ1) is 23.7. The van der Waals surface area contributed by atoms with Crippen LogP contribution < -0.4 is 10.2 Å². The van der Waals surface area contributed by atoms with Gasteiger partial charge in [-0.3, -0.25) is 9.59 Å². The van der Waals surface area contributed by atoms with Crippen LogP contribution in [0, 0.1) is 0 Å². The monoisotopic (exact) mass is 456 g/mol. The highest BCUT2D eigenvalue weighted by atomic mass is 16.5. The van der Waals surface area contributed by atoms with Crippen LogP contribution in [-0.2, 0) is 22.4 Å². The number of amides is 1. The Balaban J connectivity index is 1.55. The number of benzene rings is 3. The minimum Gasteiger partial charge on any atom is -0.372 e. The number of carbonyl (C=O) groups excluding carboxylic acids is 2. The summed E-state index contributed by atoms with van der Waals surface area (Å²) in [6, 6.07) is 26.3. The first-order valence-corrected chi connectivity index (χ1v) is 11.9. The molecule has 0 radical (unpaired) electrons. The molecule has 5 nitrogen and oxygen atoms in total. The summed E-state index contributed by atoms with van der Waals surface area (Å²) >= 11 is 0. The molecule has 3 unspecified atom stereocenters. The lowest BCUT2D eigenvalue weighted by atomic mass is 9.96. The van der Waals surface area contributed by atoms with Crippen LogP contribution in [0.5, 0.6) is 0 Å². The lowest BCUT2D eigenvalue weighted by molar-refractivity contribution is -0.120. The van der Waals surface area contributed by atoms with Crippen molar-refractivity contribution in [2.45, 2.75) is 44.9 Å². The molecule has 1 saturated heterocycles. The number of ketones is 1. The number of carbonyl (C=O) groups is 2. The maximum absolute atomic E-state index is 13.6. The van der Waals surface area contributed by atoms with Crippen molar-refractivity contribution in [3.05, 3.63) is 102 Å². The maximum atomic E-state index is 13.6. The number of morpholine rings is 1.